The van der Waals surface area contributed by atoms with Gasteiger partial charge in [0.1, 0.15) is 11.9 Å². The average molecular weight is 356 g/mol. The van der Waals surface area contributed by atoms with Gasteiger partial charge in [-0.1, -0.05) is 51.1 Å². The summed E-state index contributed by atoms with van der Waals surface area (Å²) in [7, 11) is -0.251. The Morgan fingerprint density at radius 2 is 1.56 bits per heavy atom. The highest BCUT2D eigenvalue weighted by molar-refractivity contribution is 6.74. The minimum atomic E-state index is -1.91. The van der Waals surface area contributed by atoms with Gasteiger partial charge in [-0.05, 0) is 48.0 Å². The third-order valence-corrected chi connectivity index (χ3v) is 9.24. The molecule has 134 valence electrons. The predicted molar refractivity (Wildman–Crippen MR) is 109 cm³/mol. The lowest BCUT2D eigenvalue weighted by Crippen LogP contribution is -2.42. The molecule has 0 saturated heterocycles. The molecule has 25 heavy (non-hydrogen) atoms. The van der Waals surface area contributed by atoms with Gasteiger partial charge in [-0.3, -0.25) is 4.99 Å². The molecule has 3 nitrogen and oxygen atoms in total. The molecule has 0 aliphatic heterocycles. The molecule has 0 radical (unpaired) electrons. The molecule has 0 bridgehead atoms. The first-order valence-electron chi connectivity index (χ1n) is 8.64. The lowest BCUT2D eigenvalue weighted by atomic mass is 10.1. The minimum absolute atomic E-state index is 0.147. The van der Waals surface area contributed by atoms with Crippen LogP contribution < -0.4 is 4.74 Å². The Labute approximate surface area is 152 Å². The maximum atomic E-state index is 6.62. The highest BCUT2D eigenvalue weighted by Gasteiger charge is 2.39. The lowest BCUT2D eigenvalue weighted by Gasteiger charge is -2.38. The van der Waals surface area contributed by atoms with Gasteiger partial charge in [0.05, 0.1) is 12.8 Å². The number of hydrogen-bond acceptors (Lipinski definition) is 3. The van der Waals surface area contributed by atoms with Crippen LogP contribution in [0, 0.1) is 0 Å². The Bertz CT molecular complexity index is 688. The molecule has 2 aromatic carbocycles. The molecule has 0 amide bonds. The Kier molecular flexibility index (Phi) is 6.19. The van der Waals surface area contributed by atoms with Gasteiger partial charge in [0, 0.05) is 6.21 Å². The van der Waals surface area contributed by atoms with Crippen LogP contribution in [-0.2, 0) is 4.43 Å². The third kappa shape index (κ3) is 5.28. The first kappa shape index (κ1) is 19.4. The second-order valence-electron chi connectivity index (χ2n) is 7.69. The first-order valence-corrected chi connectivity index (χ1v) is 11.5. The van der Waals surface area contributed by atoms with E-state index in [1.807, 2.05) is 48.7 Å². The predicted octanol–water partition coefficient (Wildman–Crippen LogP) is 6.16. The zero-order chi connectivity index (χ0) is 18.5. The van der Waals surface area contributed by atoms with Crippen molar-refractivity contribution in [2.45, 2.75) is 45.0 Å². The van der Waals surface area contributed by atoms with Crippen molar-refractivity contribution < 1.29 is 9.16 Å². The molecule has 2 aromatic rings. The largest absolute Gasteiger partial charge is 0.497 e. The van der Waals surface area contributed by atoms with Gasteiger partial charge >= 0.3 is 0 Å². The van der Waals surface area contributed by atoms with Gasteiger partial charge in [0.2, 0.25) is 0 Å². The Hall–Kier alpha value is -1.91. The summed E-state index contributed by atoms with van der Waals surface area (Å²) in [6.45, 7) is 11.3. The Balaban J connectivity index is 2.27. The zero-order valence-corrected chi connectivity index (χ0v) is 17.1. The number of methoxy groups -OCH3 is 1. The number of benzene rings is 2. The average Bonchev–Trinajstić information content (AvgIpc) is 2.58. The summed E-state index contributed by atoms with van der Waals surface area (Å²) < 4.78 is 11.8. The van der Waals surface area contributed by atoms with Gasteiger partial charge in [0.25, 0.3) is 0 Å². The second kappa shape index (κ2) is 7.98. The van der Waals surface area contributed by atoms with E-state index >= 15 is 0 Å². The van der Waals surface area contributed by atoms with E-state index < -0.39 is 8.32 Å². The highest BCUT2D eigenvalue weighted by atomic mass is 28.4. The smallest absolute Gasteiger partial charge is 0.193 e. The summed E-state index contributed by atoms with van der Waals surface area (Å²) in [5.41, 5.74) is 2.02. The SMILES string of the molecule is COc1ccc(N=C[C@H](O[Si](C)(C)C(C)(C)C)c2ccccc2)cc1. The van der Waals surface area contributed by atoms with Crippen LogP contribution in [-0.4, -0.2) is 21.6 Å². The van der Waals surface area contributed by atoms with Crippen LogP contribution in [0.1, 0.15) is 32.4 Å². The summed E-state index contributed by atoms with van der Waals surface area (Å²) in [4.78, 5) is 4.64. The van der Waals surface area contributed by atoms with Gasteiger partial charge in [-0.2, -0.15) is 0 Å². The van der Waals surface area contributed by atoms with E-state index in [4.69, 9.17) is 9.16 Å². The molecular formula is C21H29NO2Si. The normalized spacial score (nSPS) is 13.8. The number of hydrogen-bond donors (Lipinski definition) is 0. The monoisotopic (exact) mass is 355 g/mol. The van der Waals surface area contributed by atoms with Crippen molar-refractivity contribution in [1.29, 1.82) is 0 Å². The van der Waals surface area contributed by atoms with Gasteiger partial charge in [-0.15, -0.1) is 0 Å². The van der Waals surface area contributed by atoms with E-state index in [2.05, 4.69) is 51.0 Å². The van der Waals surface area contributed by atoms with Crippen LogP contribution in [0.4, 0.5) is 5.69 Å². The first-order chi connectivity index (χ1) is 11.7. The fourth-order valence-electron chi connectivity index (χ4n) is 2.14. The quantitative estimate of drug-likeness (QED) is 0.459. The van der Waals surface area contributed by atoms with Crippen molar-refractivity contribution in [2.24, 2.45) is 4.99 Å². The van der Waals surface area contributed by atoms with E-state index in [1.54, 1.807) is 7.11 Å². The van der Waals surface area contributed by atoms with Gasteiger partial charge in [-0.25, -0.2) is 0 Å². The van der Waals surface area contributed by atoms with Crippen LogP contribution in [0.2, 0.25) is 18.1 Å². The van der Waals surface area contributed by atoms with Gasteiger partial charge in [0.15, 0.2) is 8.32 Å². The Morgan fingerprint density at radius 1 is 0.960 bits per heavy atom. The highest BCUT2D eigenvalue weighted by Crippen LogP contribution is 2.39. The molecule has 0 heterocycles. The van der Waals surface area contributed by atoms with Crippen molar-refractivity contribution in [1.82, 2.24) is 0 Å². The molecule has 2 rings (SSSR count). The molecular weight excluding hydrogens is 326 g/mol. The molecule has 0 aromatic heterocycles. The van der Waals surface area contributed by atoms with E-state index in [1.165, 1.54) is 0 Å². The van der Waals surface area contributed by atoms with Gasteiger partial charge < -0.3 is 9.16 Å². The molecule has 1 atom stereocenters. The van der Waals surface area contributed by atoms with Crippen molar-refractivity contribution in [3.8, 4) is 5.75 Å². The minimum Gasteiger partial charge on any atom is -0.497 e. The van der Waals surface area contributed by atoms with Crippen LogP contribution in [0.5, 0.6) is 5.75 Å². The zero-order valence-electron chi connectivity index (χ0n) is 16.1. The number of ether oxygens (including phenoxy) is 1. The van der Waals surface area contributed by atoms with Crippen molar-refractivity contribution in [3.63, 3.8) is 0 Å². The van der Waals surface area contributed by atoms with Crippen LogP contribution in [0.25, 0.3) is 0 Å². The van der Waals surface area contributed by atoms with Crippen molar-refractivity contribution >= 4 is 20.2 Å². The second-order valence-corrected chi connectivity index (χ2v) is 12.4. The molecule has 0 aliphatic carbocycles. The summed E-state index contributed by atoms with van der Waals surface area (Å²) in [6.07, 6.45) is 1.77. The number of aliphatic imine (C=N–C) groups is 1. The van der Waals surface area contributed by atoms with E-state index in [-0.39, 0.29) is 11.1 Å². The molecule has 0 spiro atoms. The van der Waals surface area contributed by atoms with Crippen LogP contribution >= 0.6 is 0 Å². The molecule has 0 aliphatic rings. The maximum Gasteiger partial charge on any atom is 0.193 e. The summed E-state index contributed by atoms with van der Waals surface area (Å²) >= 11 is 0. The summed E-state index contributed by atoms with van der Waals surface area (Å²) in [5.74, 6) is 0.830. The molecule has 0 fully saturated rings. The third-order valence-electron chi connectivity index (χ3n) is 4.79. The number of nitrogens with zero attached hydrogens (tertiary/aromatic N) is 1. The summed E-state index contributed by atoms with van der Waals surface area (Å²) in [5, 5.41) is 0.147. The molecule has 0 N–H and O–H groups in total. The standard InChI is InChI=1S/C21H29NO2Si/c1-21(2,3)25(5,6)24-20(17-10-8-7-9-11-17)16-22-18-12-14-19(23-4)15-13-18/h7-16,20H,1-6H3/t20-/m0/s1. The molecule has 0 saturated carbocycles. The van der Waals surface area contributed by atoms with E-state index in [0.29, 0.717) is 0 Å². The van der Waals surface area contributed by atoms with Crippen molar-refractivity contribution in [3.05, 3.63) is 60.2 Å². The maximum absolute atomic E-state index is 6.62. The summed E-state index contributed by atoms with van der Waals surface area (Å²) in [6, 6.07) is 18.0. The molecule has 4 heteroatoms. The van der Waals surface area contributed by atoms with E-state index in [9.17, 15) is 0 Å². The fraction of sp³-hybridized carbons (Fsp3) is 0.381. The number of rotatable bonds is 6. The van der Waals surface area contributed by atoms with Crippen molar-refractivity contribution in [2.75, 3.05) is 7.11 Å². The lowest BCUT2D eigenvalue weighted by molar-refractivity contribution is 0.251. The van der Waals surface area contributed by atoms with Crippen LogP contribution in [0.15, 0.2) is 59.6 Å². The molecule has 0 unspecified atom stereocenters. The topological polar surface area (TPSA) is 30.8 Å². The van der Waals surface area contributed by atoms with E-state index in [0.717, 1.165) is 17.0 Å². The Morgan fingerprint density at radius 3 is 2.08 bits per heavy atom. The van der Waals surface area contributed by atoms with Crippen LogP contribution in [0.3, 0.4) is 0 Å². The fourth-order valence-corrected chi connectivity index (χ4v) is 3.33.